The van der Waals surface area contributed by atoms with E-state index in [2.05, 4.69) is 42.3 Å². The van der Waals surface area contributed by atoms with E-state index in [1.165, 1.54) is 5.56 Å². The van der Waals surface area contributed by atoms with Crippen LogP contribution >= 0.6 is 0 Å². The average Bonchev–Trinajstić information content (AvgIpc) is 2.92. The zero-order valence-corrected chi connectivity index (χ0v) is 13.9. The van der Waals surface area contributed by atoms with Crippen molar-refractivity contribution in [3.8, 4) is 0 Å². The van der Waals surface area contributed by atoms with E-state index in [1.807, 2.05) is 10.9 Å². The summed E-state index contributed by atoms with van der Waals surface area (Å²) >= 11 is 0. The molecular weight excluding hydrogens is 280 g/mol. The number of aliphatic carboxylic acids is 1. The molecule has 1 saturated heterocycles. The van der Waals surface area contributed by atoms with Crippen LogP contribution in [0.3, 0.4) is 0 Å². The van der Waals surface area contributed by atoms with E-state index in [4.69, 9.17) is 5.11 Å². The predicted molar refractivity (Wildman–Crippen MR) is 85.8 cm³/mol. The van der Waals surface area contributed by atoms with Gasteiger partial charge in [0.25, 0.3) is 0 Å². The standard InChI is InChI=1S/C16H28N4O2/c1-16(2,3)20-11-13(10-18-20)9-17-14-5-4-7-19(12-14)8-6-15(21)22/h10-11,14,17H,4-9,12H2,1-3H3,(H,21,22). The quantitative estimate of drug-likeness (QED) is 0.836. The molecule has 0 aliphatic carbocycles. The summed E-state index contributed by atoms with van der Waals surface area (Å²) in [7, 11) is 0. The van der Waals surface area contributed by atoms with Crippen LogP contribution in [0.5, 0.6) is 0 Å². The van der Waals surface area contributed by atoms with E-state index in [-0.39, 0.29) is 12.0 Å². The molecule has 1 unspecified atom stereocenters. The molecule has 1 aliphatic rings. The van der Waals surface area contributed by atoms with Gasteiger partial charge in [-0.15, -0.1) is 0 Å². The Morgan fingerprint density at radius 3 is 2.91 bits per heavy atom. The van der Waals surface area contributed by atoms with Crippen molar-refractivity contribution in [2.75, 3.05) is 19.6 Å². The summed E-state index contributed by atoms with van der Waals surface area (Å²) in [6.45, 7) is 9.81. The summed E-state index contributed by atoms with van der Waals surface area (Å²) in [5.41, 5.74) is 1.20. The van der Waals surface area contributed by atoms with Crippen LogP contribution in [0.25, 0.3) is 0 Å². The van der Waals surface area contributed by atoms with E-state index in [0.29, 0.717) is 12.6 Å². The van der Waals surface area contributed by atoms with Crippen LogP contribution < -0.4 is 5.32 Å². The SMILES string of the molecule is CC(C)(C)n1cc(CNC2CCCN(CCC(=O)O)C2)cn1. The third-order valence-electron chi connectivity index (χ3n) is 4.07. The number of hydrogen-bond donors (Lipinski definition) is 2. The van der Waals surface area contributed by atoms with E-state index in [9.17, 15) is 4.79 Å². The lowest BCUT2D eigenvalue weighted by molar-refractivity contribution is -0.137. The third-order valence-corrected chi connectivity index (χ3v) is 4.07. The topological polar surface area (TPSA) is 70.4 Å². The minimum absolute atomic E-state index is 0.0106. The number of hydrogen-bond acceptors (Lipinski definition) is 4. The maximum Gasteiger partial charge on any atom is 0.304 e. The van der Waals surface area contributed by atoms with E-state index < -0.39 is 5.97 Å². The van der Waals surface area contributed by atoms with Crippen LogP contribution in [0.15, 0.2) is 12.4 Å². The highest BCUT2D eigenvalue weighted by atomic mass is 16.4. The van der Waals surface area contributed by atoms with Crippen molar-refractivity contribution >= 4 is 5.97 Å². The second-order valence-electron chi connectivity index (χ2n) is 7.13. The molecule has 0 amide bonds. The van der Waals surface area contributed by atoms with Gasteiger partial charge in [-0.1, -0.05) is 0 Å². The second kappa shape index (κ2) is 7.24. The molecule has 1 aromatic heterocycles. The van der Waals surface area contributed by atoms with Crippen LogP contribution in [-0.4, -0.2) is 51.4 Å². The zero-order valence-electron chi connectivity index (χ0n) is 13.9. The van der Waals surface area contributed by atoms with Gasteiger partial charge in [-0.3, -0.25) is 9.48 Å². The minimum Gasteiger partial charge on any atom is -0.481 e. The van der Waals surface area contributed by atoms with Crippen molar-refractivity contribution in [3.05, 3.63) is 18.0 Å². The monoisotopic (exact) mass is 308 g/mol. The molecule has 124 valence electrons. The summed E-state index contributed by atoms with van der Waals surface area (Å²) in [6.07, 6.45) is 6.52. The highest BCUT2D eigenvalue weighted by Gasteiger charge is 2.20. The second-order valence-corrected chi connectivity index (χ2v) is 7.13. The normalized spacial score (nSPS) is 20.2. The molecule has 1 aromatic rings. The summed E-state index contributed by atoms with van der Waals surface area (Å²) in [5, 5.41) is 16.8. The van der Waals surface area contributed by atoms with E-state index in [1.54, 1.807) is 0 Å². The molecule has 0 saturated carbocycles. The molecule has 1 aliphatic heterocycles. The third kappa shape index (κ3) is 5.10. The first kappa shape index (κ1) is 17.0. The van der Waals surface area contributed by atoms with Crippen LogP contribution in [0.2, 0.25) is 0 Å². The number of nitrogens with one attached hydrogen (secondary N) is 1. The Labute approximate surface area is 132 Å². The molecule has 22 heavy (non-hydrogen) atoms. The number of aromatic nitrogens is 2. The number of carboxylic acids is 1. The van der Waals surface area contributed by atoms with Gasteiger partial charge in [-0.05, 0) is 40.2 Å². The van der Waals surface area contributed by atoms with Gasteiger partial charge in [-0.25, -0.2) is 0 Å². The highest BCUT2D eigenvalue weighted by Crippen LogP contribution is 2.14. The molecule has 6 nitrogen and oxygen atoms in total. The molecule has 0 spiro atoms. The van der Waals surface area contributed by atoms with Gasteiger partial charge >= 0.3 is 5.97 Å². The number of carboxylic acid groups (broad SMARTS) is 1. The number of nitrogens with zero attached hydrogens (tertiary/aromatic N) is 3. The fraction of sp³-hybridized carbons (Fsp3) is 0.750. The first-order valence-corrected chi connectivity index (χ1v) is 8.06. The molecular formula is C16H28N4O2. The summed E-state index contributed by atoms with van der Waals surface area (Å²) in [6, 6.07) is 0.431. The Kier molecular flexibility index (Phi) is 5.58. The molecule has 2 rings (SSSR count). The van der Waals surface area contributed by atoms with Gasteiger partial charge in [0, 0.05) is 37.4 Å². The largest absolute Gasteiger partial charge is 0.481 e. The Morgan fingerprint density at radius 2 is 2.27 bits per heavy atom. The number of piperidine rings is 1. The van der Waals surface area contributed by atoms with Gasteiger partial charge in [0.2, 0.25) is 0 Å². The Balaban J connectivity index is 1.78. The van der Waals surface area contributed by atoms with Crippen LogP contribution in [-0.2, 0) is 16.9 Å². The van der Waals surface area contributed by atoms with Crippen molar-refractivity contribution in [1.29, 1.82) is 0 Å². The number of carbonyl (C=O) groups is 1. The van der Waals surface area contributed by atoms with Crippen LogP contribution in [0.4, 0.5) is 0 Å². The lowest BCUT2D eigenvalue weighted by atomic mass is 10.1. The van der Waals surface area contributed by atoms with Crippen molar-refractivity contribution in [1.82, 2.24) is 20.0 Å². The summed E-state index contributed by atoms with van der Waals surface area (Å²) in [4.78, 5) is 12.9. The van der Waals surface area contributed by atoms with Crippen molar-refractivity contribution in [2.24, 2.45) is 0 Å². The van der Waals surface area contributed by atoms with Crippen molar-refractivity contribution in [3.63, 3.8) is 0 Å². The first-order chi connectivity index (χ1) is 10.3. The van der Waals surface area contributed by atoms with Crippen LogP contribution in [0.1, 0.15) is 45.6 Å². The maximum atomic E-state index is 10.7. The van der Waals surface area contributed by atoms with Gasteiger partial charge in [-0.2, -0.15) is 5.10 Å². The molecule has 6 heteroatoms. The van der Waals surface area contributed by atoms with Crippen LogP contribution in [0, 0.1) is 0 Å². The maximum absolute atomic E-state index is 10.7. The zero-order chi connectivity index (χ0) is 16.2. The van der Waals surface area contributed by atoms with Gasteiger partial charge in [0.05, 0.1) is 18.2 Å². The molecule has 2 heterocycles. The van der Waals surface area contributed by atoms with Crippen molar-refractivity contribution in [2.45, 2.75) is 58.2 Å². The minimum atomic E-state index is -0.718. The molecule has 0 radical (unpaired) electrons. The first-order valence-electron chi connectivity index (χ1n) is 8.06. The molecule has 0 aromatic carbocycles. The van der Waals surface area contributed by atoms with Gasteiger partial charge < -0.3 is 15.3 Å². The predicted octanol–water partition coefficient (Wildman–Crippen LogP) is 1.67. The van der Waals surface area contributed by atoms with Crippen molar-refractivity contribution < 1.29 is 9.90 Å². The molecule has 0 bridgehead atoms. The lowest BCUT2D eigenvalue weighted by Crippen LogP contribution is -2.45. The Hall–Kier alpha value is -1.40. The molecule has 1 fully saturated rings. The number of rotatable bonds is 6. The Morgan fingerprint density at radius 1 is 1.50 bits per heavy atom. The smallest absolute Gasteiger partial charge is 0.304 e. The summed E-state index contributed by atoms with van der Waals surface area (Å²) < 4.78 is 1.99. The highest BCUT2D eigenvalue weighted by molar-refractivity contribution is 5.66. The summed E-state index contributed by atoms with van der Waals surface area (Å²) in [5.74, 6) is -0.718. The van der Waals surface area contributed by atoms with E-state index in [0.717, 1.165) is 32.5 Å². The van der Waals surface area contributed by atoms with Gasteiger partial charge in [0.1, 0.15) is 0 Å². The number of likely N-dealkylation sites (tertiary alicyclic amines) is 1. The molecule has 2 N–H and O–H groups in total. The van der Waals surface area contributed by atoms with Gasteiger partial charge in [0.15, 0.2) is 0 Å². The average molecular weight is 308 g/mol. The fourth-order valence-corrected chi connectivity index (χ4v) is 2.76. The Bertz CT molecular complexity index is 493. The fourth-order valence-electron chi connectivity index (χ4n) is 2.76. The lowest BCUT2D eigenvalue weighted by Gasteiger charge is -2.32. The molecule has 1 atom stereocenters. The van der Waals surface area contributed by atoms with E-state index >= 15 is 0 Å².